The lowest BCUT2D eigenvalue weighted by Gasteiger charge is -2.16. The van der Waals surface area contributed by atoms with Gasteiger partial charge in [0.2, 0.25) is 0 Å². The molecule has 1 atom stereocenters. The lowest BCUT2D eigenvalue weighted by molar-refractivity contribution is -0.137. The summed E-state index contributed by atoms with van der Waals surface area (Å²) in [5, 5.41) is 6.02. The van der Waals surface area contributed by atoms with Gasteiger partial charge < -0.3 is 5.32 Å². The van der Waals surface area contributed by atoms with E-state index in [-0.39, 0.29) is 6.04 Å². The quantitative estimate of drug-likeness (QED) is 0.466. The molecular formula is C23H24F3N. The van der Waals surface area contributed by atoms with Crippen LogP contribution >= 0.6 is 0 Å². The summed E-state index contributed by atoms with van der Waals surface area (Å²) < 4.78 is 38.3. The topological polar surface area (TPSA) is 12.0 Å². The number of rotatable bonds is 7. The van der Waals surface area contributed by atoms with Gasteiger partial charge in [-0.25, -0.2) is 0 Å². The zero-order chi connectivity index (χ0) is 19.3. The first-order chi connectivity index (χ1) is 12.9. The molecule has 0 bridgehead atoms. The monoisotopic (exact) mass is 371 g/mol. The third kappa shape index (κ3) is 5.10. The Hall–Kier alpha value is -2.33. The molecule has 0 saturated heterocycles. The molecule has 0 aliphatic rings. The van der Waals surface area contributed by atoms with Crippen molar-refractivity contribution in [1.29, 1.82) is 0 Å². The van der Waals surface area contributed by atoms with Crippen LogP contribution in [-0.2, 0) is 12.6 Å². The van der Waals surface area contributed by atoms with E-state index >= 15 is 0 Å². The number of unbranched alkanes of at least 4 members (excludes halogenated alkanes) is 1. The molecule has 0 unspecified atom stereocenters. The summed E-state index contributed by atoms with van der Waals surface area (Å²) in [6.45, 7) is 2.98. The molecule has 0 spiro atoms. The van der Waals surface area contributed by atoms with Crippen molar-refractivity contribution in [2.45, 2.75) is 38.4 Å². The molecule has 0 aromatic heterocycles. The molecule has 0 fully saturated rings. The number of halogens is 3. The zero-order valence-electron chi connectivity index (χ0n) is 15.4. The van der Waals surface area contributed by atoms with Gasteiger partial charge in [0, 0.05) is 6.04 Å². The van der Waals surface area contributed by atoms with E-state index in [0.717, 1.165) is 31.0 Å². The second-order valence-corrected chi connectivity index (χ2v) is 6.90. The van der Waals surface area contributed by atoms with Gasteiger partial charge in [-0.05, 0) is 60.7 Å². The SMILES string of the molecule is C[C@@H](NCCCCc1cccc(C(F)(F)F)c1)c1cccc2ccccc12. The molecule has 0 saturated carbocycles. The standard InChI is InChI=1S/C23H24F3N/c1-17(21-14-7-11-19-10-2-3-13-22(19)21)27-15-5-4-8-18-9-6-12-20(16-18)23(24,25)26/h2-3,6-7,9-14,16-17,27H,4-5,8,15H2,1H3/t17-/m1/s1. The zero-order valence-corrected chi connectivity index (χ0v) is 15.4. The molecule has 0 amide bonds. The number of hydrogen-bond acceptors (Lipinski definition) is 1. The summed E-state index contributed by atoms with van der Waals surface area (Å²) in [5.74, 6) is 0. The number of benzene rings is 3. The van der Waals surface area contributed by atoms with Crippen LogP contribution in [0.1, 0.15) is 42.5 Å². The van der Waals surface area contributed by atoms with Crippen LogP contribution in [-0.4, -0.2) is 6.54 Å². The maximum Gasteiger partial charge on any atom is 0.416 e. The maximum absolute atomic E-state index is 12.8. The minimum Gasteiger partial charge on any atom is -0.310 e. The fourth-order valence-electron chi connectivity index (χ4n) is 3.41. The lowest BCUT2D eigenvalue weighted by atomic mass is 9.99. The summed E-state index contributed by atoms with van der Waals surface area (Å²) in [5.41, 5.74) is 1.45. The van der Waals surface area contributed by atoms with Gasteiger partial charge in [0.1, 0.15) is 0 Å². The Kier molecular flexibility index (Phi) is 6.17. The van der Waals surface area contributed by atoms with E-state index in [1.807, 2.05) is 12.1 Å². The number of hydrogen-bond donors (Lipinski definition) is 1. The fourth-order valence-corrected chi connectivity index (χ4v) is 3.41. The highest BCUT2D eigenvalue weighted by molar-refractivity contribution is 5.86. The molecule has 142 valence electrons. The molecule has 3 aromatic rings. The molecule has 4 heteroatoms. The normalized spacial score (nSPS) is 13.0. The summed E-state index contributed by atoms with van der Waals surface area (Å²) in [7, 11) is 0. The first-order valence-corrected chi connectivity index (χ1v) is 9.32. The average molecular weight is 371 g/mol. The molecule has 0 aliphatic carbocycles. The van der Waals surface area contributed by atoms with Crippen molar-refractivity contribution in [3.63, 3.8) is 0 Å². The van der Waals surface area contributed by atoms with Crippen molar-refractivity contribution in [2.24, 2.45) is 0 Å². The highest BCUT2D eigenvalue weighted by atomic mass is 19.4. The van der Waals surface area contributed by atoms with Crippen molar-refractivity contribution < 1.29 is 13.2 Å². The van der Waals surface area contributed by atoms with Crippen molar-refractivity contribution in [2.75, 3.05) is 6.54 Å². The summed E-state index contributed by atoms with van der Waals surface area (Å²) >= 11 is 0. The van der Waals surface area contributed by atoms with Gasteiger partial charge in [0.05, 0.1) is 5.56 Å². The van der Waals surface area contributed by atoms with Gasteiger partial charge in [0.25, 0.3) is 0 Å². The highest BCUT2D eigenvalue weighted by Crippen LogP contribution is 2.30. The highest BCUT2D eigenvalue weighted by Gasteiger charge is 2.30. The van der Waals surface area contributed by atoms with Gasteiger partial charge in [-0.1, -0.05) is 60.7 Å². The molecule has 1 nitrogen and oxygen atoms in total. The number of nitrogens with one attached hydrogen (secondary N) is 1. The predicted molar refractivity (Wildman–Crippen MR) is 105 cm³/mol. The van der Waals surface area contributed by atoms with Crippen molar-refractivity contribution >= 4 is 10.8 Å². The second kappa shape index (κ2) is 8.57. The third-order valence-electron chi connectivity index (χ3n) is 4.89. The molecule has 0 aliphatic heterocycles. The minimum atomic E-state index is -4.27. The Morgan fingerprint density at radius 2 is 1.63 bits per heavy atom. The lowest BCUT2D eigenvalue weighted by Crippen LogP contribution is -2.20. The molecular weight excluding hydrogens is 347 g/mol. The minimum absolute atomic E-state index is 0.227. The Morgan fingerprint density at radius 1 is 0.889 bits per heavy atom. The van der Waals surface area contributed by atoms with Gasteiger partial charge in [0.15, 0.2) is 0 Å². The third-order valence-corrected chi connectivity index (χ3v) is 4.89. The Labute approximate surface area is 158 Å². The van der Waals surface area contributed by atoms with Crippen LogP contribution in [0, 0.1) is 0 Å². The predicted octanol–water partition coefficient (Wildman–Crippen LogP) is 6.53. The number of alkyl halides is 3. The summed E-state index contributed by atoms with van der Waals surface area (Å²) in [6, 6.07) is 20.5. The van der Waals surface area contributed by atoms with Crippen LogP contribution in [0.3, 0.4) is 0 Å². The van der Waals surface area contributed by atoms with E-state index < -0.39 is 11.7 Å². The Balaban J connectivity index is 1.49. The van der Waals surface area contributed by atoms with E-state index in [4.69, 9.17) is 0 Å². The number of fused-ring (bicyclic) bond motifs is 1. The van der Waals surface area contributed by atoms with Crippen LogP contribution in [0.25, 0.3) is 10.8 Å². The molecule has 0 radical (unpaired) electrons. The molecule has 0 heterocycles. The van der Waals surface area contributed by atoms with E-state index in [2.05, 4.69) is 42.6 Å². The largest absolute Gasteiger partial charge is 0.416 e. The van der Waals surface area contributed by atoms with Crippen LogP contribution in [0.5, 0.6) is 0 Å². The van der Waals surface area contributed by atoms with Crippen LogP contribution in [0.15, 0.2) is 66.7 Å². The van der Waals surface area contributed by atoms with E-state index in [0.29, 0.717) is 6.42 Å². The molecule has 27 heavy (non-hydrogen) atoms. The van der Waals surface area contributed by atoms with Crippen LogP contribution in [0.4, 0.5) is 13.2 Å². The first kappa shape index (κ1) is 19.4. The molecule has 1 N–H and O–H groups in total. The van der Waals surface area contributed by atoms with Crippen molar-refractivity contribution in [3.05, 3.63) is 83.4 Å². The van der Waals surface area contributed by atoms with Crippen molar-refractivity contribution in [3.8, 4) is 0 Å². The molecule has 3 rings (SSSR count). The van der Waals surface area contributed by atoms with Crippen molar-refractivity contribution in [1.82, 2.24) is 5.32 Å². The van der Waals surface area contributed by atoms with E-state index in [1.165, 1.54) is 28.5 Å². The Morgan fingerprint density at radius 3 is 2.44 bits per heavy atom. The summed E-state index contributed by atoms with van der Waals surface area (Å²) in [6.07, 6.45) is -1.83. The fraction of sp³-hybridized carbons (Fsp3) is 0.304. The summed E-state index contributed by atoms with van der Waals surface area (Å²) in [4.78, 5) is 0. The average Bonchev–Trinajstić information content (AvgIpc) is 2.66. The van der Waals surface area contributed by atoms with Gasteiger partial charge in [-0.15, -0.1) is 0 Å². The number of aryl methyl sites for hydroxylation is 1. The van der Waals surface area contributed by atoms with E-state index in [9.17, 15) is 13.2 Å². The van der Waals surface area contributed by atoms with Crippen LogP contribution in [0.2, 0.25) is 0 Å². The van der Waals surface area contributed by atoms with E-state index in [1.54, 1.807) is 6.07 Å². The van der Waals surface area contributed by atoms with Gasteiger partial charge in [-0.2, -0.15) is 13.2 Å². The van der Waals surface area contributed by atoms with Crippen LogP contribution < -0.4 is 5.32 Å². The first-order valence-electron chi connectivity index (χ1n) is 9.32. The van der Waals surface area contributed by atoms with Gasteiger partial charge in [-0.3, -0.25) is 0 Å². The smallest absolute Gasteiger partial charge is 0.310 e. The Bertz CT molecular complexity index is 881. The second-order valence-electron chi connectivity index (χ2n) is 6.90. The van der Waals surface area contributed by atoms with Gasteiger partial charge >= 0.3 is 6.18 Å². The maximum atomic E-state index is 12.8. The molecule has 3 aromatic carbocycles.